The molecule has 22 heavy (non-hydrogen) atoms. The number of aliphatic hydroxyl groups is 1. The van der Waals surface area contributed by atoms with Crippen LogP contribution in [0.3, 0.4) is 0 Å². The first kappa shape index (κ1) is 15.2. The van der Waals surface area contributed by atoms with Crippen molar-refractivity contribution in [2.45, 2.75) is 31.8 Å². The molecule has 2 unspecified atom stereocenters. The molecule has 2 N–H and O–H groups in total. The molecule has 1 saturated carbocycles. The minimum absolute atomic E-state index is 0.0871. The predicted molar refractivity (Wildman–Crippen MR) is 87.0 cm³/mol. The van der Waals surface area contributed by atoms with Crippen molar-refractivity contribution in [2.24, 2.45) is 5.92 Å². The molecule has 1 fully saturated rings. The lowest BCUT2D eigenvalue weighted by molar-refractivity contribution is 0.0920. The van der Waals surface area contributed by atoms with Crippen molar-refractivity contribution < 1.29 is 9.90 Å². The lowest BCUT2D eigenvalue weighted by Crippen LogP contribution is -2.32. The Bertz CT molecular complexity index is 627. The highest BCUT2D eigenvalue weighted by Crippen LogP contribution is 2.25. The molecule has 0 saturated heterocycles. The third-order valence-electron chi connectivity index (χ3n) is 4.12. The molecular weight excluding hydrogens is 296 g/mol. The summed E-state index contributed by atoms with van der Waals surface area (Å²) in [6, 6.07) is 10.1. The molecule has 5 heteroatoms. The molecule has 0 spiro atoms. The fraction of sp³-hybridized carbons (Fsp3) is 0.412. The van der Waals surface area contributed by atoms with Gasteiger partial charge in [0.1, 0.15) is 4.88 Å². The fourth-order valence-corrected chi connectivity index (χ4v) is 3.70. The number of nitrogens with zero attached hydrogens (tertiary/aromatic N) is 1. The Balaban J connectivity index is 1.55. The van der Waals surface area contributed by atoms with Gasteiger partial charge in [-0.25, -0.2) is 4.98 Å². The lowest BCUT2D eigenvalue weighted by Gasteiger charge is -2.14. The molecule has 1 aromatic carbocycles. The minimum atomic E-state index is -0.268. The van der Waals surface area contributed by atoms with Crippen LogP contribution in [0.5, 0.6) is 0 Å². The Morgan fingerprint density at radius 3 is 2.86 bits per heavy atom. The fourth-order valence-electron chi connectivity index (χ4n) is 2.83. The zero-order chi connectivity index (χ0) is 15.4. The lowest BCUT2D eigenvalue weighted by atomic mass is 10.1. The number of thiazole rings is 1. The maximum atomic E-state index is 12.2. The van der Waals surface area contributed by atoms with E-state index in [2.05, 4.69) is 22.4 Å². The maximum Gasteiger partial charge on any atom is 0.263 e. The van der Waals surface area contributed by atoms with E-state index in [1.165, 1.54) is 16.9 Å². The number of amides is 1. The van der Waals surface area contributed by atoms with Crippen molar-refractivity contribution in [3.63, 3.8) is 0 Å². The van der Waals surface area contributed by atoms with Crippen LogP contribution in [0.1, 0.15) is 39.5 Å². The van der Waals surface area contributed by atoms with E-state index in [0.717, 1.165) is 30.7 Å². The highest BCUT2D eigenvalue weighted by atomic mass is 32.1. The highest BCUT2D eigenvalue weighted by molar-refractivity contribution is 7.13. The second-order valence-corrected chi connectivity index (χ2v) is 6.86. The van der Waals surface area contributed by atoms with Crippen LogP contribution in [0.25, 0.3) is 0 Å². The SMILES string of the molecule is O=C(NCC1CCCC1O)c1cnc(Cc2ccccc2)s1. The molecule has 0 radical (unpaired) electrons. The van der Waals surface area contributed by atoms with Crippen molar-refractivity contribution in [1.29, 1.82) is 0 Å². The monoisotopic (exact) mass is 316 g/mol. The number of carbonyl (C=O) groups excluding carboxylic acids is 1. The van der Waals surface area contributed by atoms with Crippen LogP contribution in [0.2, 0.25) is 0 Å². The smallest absolute Gasteiger partial charge is 0.263 e. The van der Waals surface area contributed by atoms with E-state index < -0.39 is 0 Å². The number of hydrogen-bond donors (Lipinski definition) is 2. The molecule has 1 amide bonds. The van der Waals surface area contributed by atoms with Crippen LogP contribution < -0.4 is 5.32 Å². The number of aromatic nitrogens is 1. The summed E-state index contributed by atoms with van der Waals surface area (Å²) in [7, 11) is 0. The summed E-state index contributed by atoms with van der Waals surface area (Å²) in [6.45, 7) is 0.548. The van der Waals surface area contributed by atoms with E-state index in [0.29, 0.717) is 11.4 Å². The van der Waals surface area contributed by atoms with Crippen LogP contribution in [0.15, 0.2) is 36.5 Å². The zero-order valence-corrected chi connectivity index (χ0v) is 13.2. The molecule has 0 aliphatic heterocycles. The maximum absolute atomic E-state index is 12.2. The first-order chi connectivity index (χ1) is 10.7. The second-order valence-electron chi connectivity index (χ2n) is 5.75. The van der Waals surface area contributed by atoms with Gasteiger partial charge in [0, 0.05) is 18.9 Å². The van der Waals surface area contributed by atoms with Gasteiger partial charge in [-0.1, -0.05) is 36.8 Å². The Morgan fingerprint density at radius 1 is 1.32 bits per heavy atom. The third kappa shape index (κ3) is 3.72. The second kappa shape index (κ2) is 7.03. The number of nitrogens with one attached hydrogen (secondary N) is 1. The molecule has 1 aliphatic rings. The van der Waals surface area contributed by atoms with Gasteiger partial charge < -0.3 is 10.4 Å². The molecule has 116 valence electrons. The summed E-state index contributed by atoms with van der Waals surface area (Å²) in [5.41, 5.74) is 1.19. The van der Waals surface area contributed by atoms with Gasteiger partial charge in [-0.05, 0) is 18.4 Å². The predicted octanol–water partition coefficient (Wildman–Crippen LogP) is 2.62. The Kier molecular flexibility index (Phi) is 4.85. The molecule has 0 bridgehead atoms. The molecule has 3 rings (SSSR count). The van der Waals surface area contributed by atoms with Crippen LogP contribution in [-0.2, 0) is 6.42 Å². The van der Waals surface area contributed by atoms with Gasteiger partial charge in [-0.3, -0.25) is 4.79 Å². The van der Waals surface area contributed by atoms with E-state index in [1.54, 1.807) is 6.20 Å². The number of rotatable bonds is 5. The number of benzene rings is 1. The average molecular weight is 316 g/mol. The van der Waals surface area contributed by atoms with E-state index in [1.807, 2.05) is 18.2 Å². The molecule has 2 aromatic rings. The van der Waals surface area contributed by atoms with Crippen molar-refractivity contribution in [3.8, 4) is 0 Å². The van der Waals surface area contributed by atoms with Crippen molar-refractivity contribution in [3.05, 3.63) is 52.0 Å². The quantitative estimate of drug-likeness (QED) is 0.891. The molecule has 1 heterocycles. The van der Waals surface area contributed by atoms with Gasteiger partial charge in [0.15, 0.2) is 0 Å². The van der Waals surface area contributed by atoms with Crippen LogP contribution in [0, 0.1) is 5.92 Å². The third-order valence-corrected chi connectivity index (χ3v) is 5.12. The van der Waals surface area contributed by atoms with E-state index >= 15 is 0 Å². The standard InChI is InChI=1S/C17H20N2O2S/c20-14-8-4-7-13(14)10-19-17(21)15-11-18-16(22-15)9-12-5-2-1-3-6-12/h1-3,5-6,11,13-14,20H,4,7-10H2,(H,19,21). The van der Waals surface area contributed by atoms with Gasteiger partial charge in [0.2, 0.25) is 0 Å². The van der Waals surface area contributed by atoms with Crippen molar-refractivity contribution in [2.75, 3.05) is 6.54 Å². The summed E-state index contributed by atoms with van der Waals surface area (Å²) < 4.78 is 0. The van der Waals surface area contributed by atoms with Gasteiger partial charge in [-0.15, -0.1) is 11.3 Å². The van der Waals surface area contributed by atoms with Gasteiger partial charge in [0.05, 0.1) is 17.3 Å². The summed E-state index contributed by atoms with van der Waals surface area (Å²) in [6.07, 6.45) is 5.01. The Hall–Kier alpha value is -1.72. The van der Waals surface area contributed by atoms with Crippen LogP contribution in [-0.4, -0.2) is 28.6 Å². The normalized spacial score (nSPS) is 21.0. The van der Waals surface area contributed by atoms with Gasteiger partial charge >= 0.3 is 0 Å². The summed E-state index contributed by atoms with van der Waals surface area (Å²) >= 11 is 1.43. The largest absolute Gasteiger partial charge is 0.393 e. The van der Waals surface area contributed by atoms with E-state index in [4.69, 9.17) is 0 Å². The van der Waals surface area contributed by atoms with Crippen molar-refractivity contribution >= 4 is 17.2 Å². The molecule has 4 nitrogen and oxygen atoms in total. The van der Waals surface area contributed by atoms with Crippen molar-refractivity contribution in [1.82, 2.24) is 10.3 Å². The number of hydrogen-bond acceptors (Lipinski definition) is 4. The van der Waals surface area contributed by atoms with E-state index in [9.17, 15) is 9.90 Å². The summed E-state index contributed by atoms with van der Waals surface area (Å²) in [5.74, 6) is 0.108. The number of aliphatic hydroxyl groups excluding tert-OH is 1. The first-order valence-electron chi connectivity index (χ1n) is 7.67. The summed E-state index contributed by atoms with van der Waals surface area (Å²) in [4.78, 5) is 17.1. The molecular formula is C17H20N2O2S. The van der Waals surface area contributed by atoms with Gasteiger partial charge in [0.25, 0.3) is 5.91 Å². The zero-order valence-electron chi connectivity index (χ0n) is 12.4. The van der Waals surface area contributed by atoms with Gasteiger partial charge in [-0.2, -0.15) is 0 Å². The van der Waals surface area contributed by atoms with E-state index in [-0.39, 0.29) is 17.9 Å². The Morgan fingerprint density at radius 2 is 2.14 bits per heavy atom. The summed E-state index contributed by atoms with van der Waals surface area (Å²) in [5, 5.41) is 13.6. The molecule has 1 aromatic heterocycles. The molecule has 1 aliphatic carbocycles. The Labute approximate surface area is 134 Å². The van der Waals surface area contributed by atoms with Crippen LogP contribution >= 0.6 is 11.3 Å². The average Bonchev–Trinajstić information content (AvgIpc) is 3.15. The van der Waals surface area contributed by atoms with Crippen LogP contribution in [0.4, 0.5) is 0 Å². The topological polar surface area (TPSA) is 62.2 Å². The highest BCUT2D eigenvalue weighted by Gasteiger charge is 2.25. The number of carbonyl (C=O) groups is 1. The first-order valence-corrected chi connectivity index (χ1v) is 8.49. The molecule has 2 atom stereocenters. The minimum Gasteiger partial charge on any atom is -0.393 e.